The van der Waals surface area contributed by atoms with Gasteiger partial charge < -0.3 is 10.6 Å². The predicted octanol–water partition coefficient (Wildman–Crippen LogP) is 1.56. The Morgan fingerprint density at radius 2 is 2.00 bits per heavy atom. The van der Waals surface area contributed by atoms with Crippen LogP contribution >= 0.6 is 12.2 Å². The Bertz CT molecular complexity index is 414. The van der Waals surface area contributed by atoms with Crippen molar-refractivity contribution in [1.29, 1.82) is 0 Å². The molecule has 0 saturated heterocycles. The summed E-state index contributed by atoms with van der Waals surface area (Å²) >= 11 is 4.78. The number of nitrogens with two attached hydrogens (primary N) is 1. The van der Waals surface area contributed by atoms with E-state index in [-0.39, 0.29) is 5.11 Å². The molecule has 1 rings (SSSR count). The lowest BCUT2D eigenvalue weighted by atomic mass is 10.0. The highest BCUT2D eigenvalue weighted by Gasteiger charge is 2.11. The van der Waals surface area contributed by atoms with Crippen LogP contribution in [0.25, 0.3) is 0 Å². The molecule has 0 heterocycles. The number of benzene rings is 1. The standard InChI is InChI=1S/C13H20N4S/c1-10(17(2)3)9-12(15-16-13(14)18)11-7-5-4-6-8-11/h4-8,10H,9H2,1-3H3,(H3,14,16,18). The molecule has 0 fully saturated rings. The number of hydrogen-bond donors (Lipinski definition) is 2. The molecule has 1 aromatic carbocycles. The first-order valence-corrected chi connectivity index (χ1v) is 6.25. The Morgan fingerprint density at radius 3 is 2.50 bits per heavy atom. The molecule has 98 valence electrons. The Morgan fingerprint density at radius 1 is 1.39 bits per heavy atom. The summed E-state index contributed by atoms with van der Waals surface area (Å²) in [6, 6.07) is 10.4. The number of nitrogens with one attached hydrogen (secondary N) is 1. The lowest BCUT2D eigenvalue weighted by Crippen LogP contribution is -2.30. The van der Waals surface area contributed by atoms with Gasteiger partial charge in [0.1, 0.15) is 0 Å². The molecular formula is C13H20N4S. The maximum Gasteiger partial charge on any atom is 0.184 e. The number of hydrazone groups is 1. The summed E-state index contributed by atoms with van der Waals surface area (Å²) in [5, 5.41) is 4.47. The molecule has 0 aliphatic carbocycles. The van der Waals surface area contributed by atoms with Gasteiger partial charge in [0.05, 0.1) is 5.71 Å². The molecule has 0 saturated carbocycles. The zero-order valence-corrected chi connectivity index (χ0v) is 11.9. The molecule has 0 aromatic heterocycles. The van der Waals surface area contributed by atoms with Crippen molar-refractivity contribution < 1.29 is 0 Å². The van der Waals surface area contributed by atoms with E-state index in [1.54, 1.807) is 0 Å². The minimum atomic E-state index is 0.181. The van der Waals surface area contributed by atoms with Gasteiger partial charge in [-0.1, -0.05) is 30.3 Å². The molecule has 18 heavy (non-hydrogen) atoms. The molecule has 0 bridgehead atoms. The molecule has 0 amide bonds. The van der Waals surface area contributed by atoms with E-state index >= 15 is 0 Å². The SMILES string of the molecule is CC(CC(=NNC(N)=S)c1ccccc1)N(C)C. The van der Waals surface area contributed by atoms with Gasteiger partial charge in [-0.3, -0.25) is 5.43 Å². The molecule has 0 spiro atoms. The van der Waals surface area contributed by atoms with Crippen LogP contribution in [0.3, 0.4) is 0 Å². The van der Waals surface area contributed by atoms with E-state index in [1.807, 2.05) is 44.4 Å². The first-order valence-electron chi connectivity index (χ1n) is 5.84. The molecule has 1 aromatic rings. The third kappa shape index (κ3) is 4.81. The molecule has 3 N–H and O–H groups in total. The molecule has 0 aliphatic rings. The average molecular weight is 264 g/mol. The van der Waals surface area contributed by atoms with Gasteiger partial charge in [-0.15, -0.1) is 0 Å². The molecule has 0 aliphatic heterocycles. The van der Waals surface area contributed by atoms with Gasteiger partial charge in [0.2, 0.25) is 0 Å². The summed E-state index contributed by atoms with van der Waals surface area (Å²) in [7, 11) is 4.10. The summed E-state index contributed by atoms with van der Waals surface area (Å²) in [6.45, 7) is 2.15. The van der Waals surface area contributed by atoms with Crippen molar-refractivity contribution in [3.8, 4) is 0 Å². The van der Waals surface area contributed by atoms with Gasteiger partial charge >= 0.3 is 0 Å². The van der Waals surface area contributed by atoms with Gasteiger partial charge in [0.15, 0.2) is 5.11 Å². The first kappa shape index (κ1) is 14.6. The highest BCUT2D eigenvalue weighted by Crippen LogP contribution is 2.09. The smallest absolute Gasteiger partial charge is 0.184 e. The van der Waals surface area contributed by atoms with Gasteiger partial charge in [0.25, 0.3) is 0 Å². The number of rotatable bonds is 5. The monoisotopic (exact) mass is 264 g/mol. The van der Waals surface area contributed by atoms with E-state index in [1.165, 1.54) is 0 Å². The molecule has 4 nitrogen and oxygen atoms in total. The van der Waals surface area contributed by atoms with Crippen molar-refractivity contribution in [2.45, 2.75) is 19.4 Å². The zero-order valence-electron chi connectivity index (χ0n) is 11.1. The van der Waals surface area contributed by atoms with Crippen LogP contribution in [0.4, 0.5) is 0 Å². The Balaban J connectivity index is 2.89. The van der Waals surface area contributed by atoms with Gasteiger partial charge in [-0.25, -0.2) is 0 Å². The van der Waals surface area contributed by atoms with Crippen LogP contribution in [0.1, 0.15) is 18.9 Å². The van der Waals surface area contributed by atoms with E-state index in [2.05, 4.69) is 22.4 Å². The van der Waals surface area contributed by atoms with Gasteiger partial charge in [-0.05, 0) is 38.8 Å². The topological polar surface area (TPSA) is 53.6 Å². The van der Waals surface area contributed by atoms with Crippen molar-refractivity contribution in [1.82, 2.24) is 10.3 Å². The zero-order chi connectivity index (χ0) is 13.5. The quantitative estimate of drug-likeness (QED) is 0.481. The third-order valence-corrected chi connectivity index (χ3v) is 2.87. The van der Waals surface area contributed by atoms with Crippen LogP contribution in [0, 0.1) is 0 Å². The fourth-order valence-corrected chi connectivity index (χ4v) is 1.49. The predicted molar refractivity (Wildman–Crippen MR) is 80.7 cm³/mol. The Labute approximate surface area is 114 Å². The van der Waals surface area contributed by atoms with Gasteiger partial charge in [-0.2, -0.15) is 5.10 Å². The number of nitrogens with zero attached hydrogens (tertiary/aromatic N) is 2. The summed E-state index contributed by atoms with van der Waals surface area (Å²) in [6.07, 6.45) is 0.826. The van der Waals surface area contributed by atoms with Gasteiger partial charge in [0, 0.05) is 12.5 Å². The molecular weight excluding hydrogens is 244 g/mol. The highest BCUT2D eigenvalue weighted by molar-refractivity contribution is 7.80. The maximum atomic E-state index is 5.41. The van der Waals surface area contributed by atoms with Crippen molar-refractivity contribution >= 4 is 23.0 Å². The fraction of sp³-hybridized carbons (Fsp3) is 0.385. The molecule has 1 unspecified atom stereocenters. The average Bonchev–Trinajstić information content (AvgIpc) is 2.34. The first-order chi connectivity index (χ1) is 8.50. The second-order valence-electron chi connectivity index (χ2n) is 4.42. The van der Waals surface area contributed by atoms with E-state index < -0.39 is 0 Å². The molecule has 5 heteroatoms. The summed E-state index contributed by atoms with van der Waals surface area (Å²) in [5.41, 5.74) is 10.1. The lowest BCUT2D eigenvalue weighted by Gasteiger charge is -2.20. The van der Waals surface area contributed by atoms with E-state index in [0.29, 0.717) is 6.04 Å². The van der Waals surface area contributed by atoms with Crippen molar-refractivity contribution in [2.75, 3.05) is 14.1 Å². The van der Waals surface area contributed by atoms with Crippen LogP contribution in [0.5, 0.6) is 0 Å². The van der Waals surface area contributed by atoms with Crippen molar-refractivity contribution in [3.63, 3.8) is 0 Å². The maximum absolute atomic E-state index is 5.41. The van der Waals surface area contributed by atoms with Crippen LogP contribution in [0.2, 0.25) is 0 Å². The second-order valence-corrected chi connectivity index (χ2v) is 4.86. The summed E-state index contributed by atoms with van der Waals surface area (Å²) in [4.78, 5) is 2.15. The minimum Gasteiger partial charge on any atom is -0.375 e. The fourth-order valence-electron chi connectivity index (χ4n) is 1.44. The summed E-state index contributed by atoms with van der Waals surface area (Å²) < 4.78 is 0. The van der Waals surface area contributed by atoms with Crippen LogP contribution in [-0.4, -0.2) is 35.9 Å². The Kier molecular flexibility index (Phi) is 5.74. The van der Waals surface area contributed by atoms with Crippen LogP contribution in [0.15, 0.2) is 35.4 Å². The summed E-state index contributed by atoms with van der Waals surface area (Å²) in [5.74, 6) is 0. The third-order valence-electron chi connectivity index (χ3n) is 2.78. The largest absolute Gasteiger partial charge is 0.375 e. The van der Waals surface area contributed by atoms with Crippen molar-refractivity contribution in [3.05, 3.63) is 35.9 Å². The highest BCUT2D eigenvalue weighted by atomic mass is 32.1. The van der Waals surface area contributed by atoms with E-state index in [4.69, 9.17) is 18.0 Å². The van der Waals surface area contributed by atoms with E-state index in [0.717, 1.165) is 17.7 Å². The number of thiocarbonyl (C=S) groups is 1. The minimum absolute atomic E-state index is 0.181. The van der Waals surface area contributed by atoms with Crippen LogP contribution < -0.4 is 11.2 Å². The Hall–Kier alpha value is -1.46. The lowest BCUT2D eigenvalue weighted by molar-refractivity contribution is 0.321. The second kappa shape index (κ2) is 7.08. The molecule has 1 atom stereocenters. The van der Waals surface area contributed by atoms with Crippen molar-refractivity contribution in [2.24, 2.45) is 10.8 Å². The number of hydrogen-bond acceptors (Lipinski definition) is 3. The van der Waals surface area contributed by atoms with E-state index in [9.17, 15) is 0 Å². The normalized spacial score (nSPS) is 13.4. The molecule has 0 radical (unpaired) electrons. The van der Waals surface area contributed by atoms with Crippen LogP contribution in [-0.2, 0) is 0 Å².